The van der Waals surface area contributed by atoms with Gasteiger partial charge in [0.25, 0.3) is 0 Å². The molecule has 0 bridgehead atoms. The lowest BCUT2D eigenvalue weighted by molar-refractivity contribution is 0.112. The number of carbonyl (C=O) groups is 1. The van der Waals surface area contributed by atoms with Gasteiger partial charge in [-0.2, -0.15) is 0 Å². The molecule has 4 N–H and O–H groups in total. The summed E-state index contributed by atoms with van der Waals surface area (Å²) in [5, 5.41) is 41.1. The molecular weight excluding hydrogens is 344 g/mol. The van der Waals surface area contributed by atoms with Gasteiger partial charge in [-0.1, -0.05) is 36.4 Å². The lowest BCUT2D eigenvalue weighted by Gasteiger charge is -2.23. The summed E-state index contributed by atoms with van der Waals surface area (Å²) in [6.07, 6.45) is 0.727. The average molecular weight is 364 g/mol. The van der Waals surface area contributed by atoms with E-state index in [9.17, 15) is 25.2 Å². The van der Waals surface area contributed by atoms with E-state index in [0.29, 0.717) is 22.3 Å². The van der Waals surface area contributed by atoms with Crippen molar-refractivity contribution < 1.29 is 25.2 Å². The van der Waals surface area contributed by atoms with Gasteiger partial charge in [-0.15, -0.1) is 0 Å². The highest BCUT2D eigenvalue weighted by Gasteiger charge is 2.26. The standard InChI is InChI=1S/C22H20O5/c1-12-7-16(21(26)18(24)9-12)20(15-5-3-14(11-23)4-6-15)17-8-13(2)10-19(25)22(17)27/h3-11,20,24-27H,1-2H3. The highest BCUT2D eigenvalue weighted by atomic mass is 16.3. The average Bonchev–Trinajstić information content (AvgIpc) is 2.63. The van der Waals surface area contributed by atoms with Gasteiger partial charge in [-0.3, -0.25) is 4.79 Å². The second-order valence-corrected chi connectivity index (χ2v) is 6.66. The second kappa shape index (κ2) is 7.03. The molecule has 27 heavy (non-hydrogen) atoms. The summed E-state index contributed by atoms with van der Waals surface area (Å²) >= 11 is 0. The minimum atomic E-state index is -0.665. The summed E-state index contributed by atoms with van der Waals surface area (Å²) in [5.74, 6) is -1.80. The number of aromatic hydroxyl groups is 4. The van der Waals surface area contributed by atoms with Gasteiger partial charge in [-0.25, -0.2) is 0 Å². The van der Waals surface area contributed by atoms with Crippen LogP contribution in [0.1, 0.15) is 44.1 Å². The van der Waals surface area contributed by atoms with Gasteiger partial charge in [0.1, 0.15) is 6.29 Å². The number of phenolic OH excluding ortho intramolecular Hbond substituents is 4. The number of carbonyl (C=O) groups excluding carboxylic acids is 1. The third-order valence-electron chi connectivity index (χ3n) is 4.56. The molecule has 0 saturated carbocycles. The van der Waals surface area contributed by atoms with Crippen molar-refractivity contribution >= 4 is 6.29 Å². The van der Waals surface area contributed by atoms with E-state index in [2.05, 4.69) is 0 Å². The van der Waals surface area contributed by atoms with E-state index in [1.165, 1.54) is 12.1 Å². The molecule has 3 aromatic rings. The summed E-state index contributed by atoms with van der Waals surface area (Å²) in [6.45, 7) is 3.56. The number of hydrogen-bond acceptors (Lipinski definition) is 5. The van der Waals surface area contributed by atoms with Crippen LogP contribution < -0.4 is 0 Å². The van der Waals surface area contributed by atoms with Crippen molar-refractivity contribution in [2.45, 2.75) is 19.8 Å². The Balaban J connectivity index is 2.32. The van der Waals surface area contributed by atoms with Crippen LogP contribution in [-0.4, -0.2) is 26.7 Å². The topological polar surface area (TPSA) is 98.0 Å². The van der Waals surface area contributed by atoms with Crippen molar-refractivity contribution in [3.8, 4) is 23.0 Å². The molecule has 0 fully saturated rings. The van der Waals surface area contributed by atoms with Crippen LogP contribution >= 0.6 is 0 Å². The normalized spacial score (nSPS) is 10.9. The second-order valence-electron chi connectivity index (χ2n) is 6.66. The summed E-state index contributed by atoms with van der Waals surface area (Å²) in [6, 6.07) is 13.0. The van der Waals surface area contributed by atoms with Crippen molar-refractivity contribution in [1.82, 2.24) is 0 Å². The third kappa shape index (κ3) is 3.44. The Labute approximate surface area is 156 Å². The van der Waals surface area contributed by atoms with Crippen LogP contribution in [0.2, 0.25) is 0 Å². The molecule has 0 heterocycles. The van der Waals surface area contributed by atoms with Crippen LogP contribution in [0, 0.1) is 13.8 Å². The molecule has 0 unspecified atom stereocenters. The molecule has 0 aliphatic rings. The monoisotopic (exact) mass is 364 g/mol. The van der Waals surface area contributed by atoms with Crippen LogP contribution in [-0.2, 0) is 0 Å². The smallest absolute Gasteiger partial charge is 0.161 e. The Morgan fingerprint density at radius 1 is 0.741 bits per heavy atom. The Morgan fingerprint density at radius 3 is 1.59 bits per heavy atom. The van der Waals surface area contributed by atoms with Gasteiger partial charge >= 0.3 is 0 Å². The van der Waals surface area contributed by atoms with E-state index in [4.69, 9.17) is 0 Å². The Hall–Kier alpha value is -3.47. The summed E-state index contributed by atoms with van der Waals surface area (Å²) in [4.78, 5) is 11.0. The quantitative estimate of drug-likeness (QED) is 0.317. The molecule has 3 aromatic carbocycles. The lowest BCUT2D eigenvalue weighted by atomic mass is 9.82. The highest BCUT2D eigenvalue weighted by Crippen LogP contribution is 2.46. The van der Waals surface area contributed by atoms with Gasteiger partial charge in [0, 0.05) is 22.6 Å². The van der Waals surface area contributed by atoms with Crippen molar-refractivity contribution in [3.63, 3.8) is 0 Å². The number of hydrogen-bond donors (Lipinski definition) is 4. The summed E-state index contributed by atoms with van der Waals surface area (Å²) in [5.41, 5.74) is 3.39. The van der Waals surface area contributed by atoms with Gasteiger partial charge in [0.2, 0.25) is 0 Å². The van der Waals surface area contributed by atoms with Crippen molar-refractivity contribution in [3.05, 3.63) is 81.9 Å². The Bertz CT molecular complexity index is 949. The van der Waals surface area contributed by atoms with E-state index >= 15 is 0 Å². The zero-order valence-corrected chi connectivity index (χ0v) is 15.0. The maximum atomic E-state index is 11.0. The van der Waals surface area contributed by atoms with E-state index in [-0.39, 0.29) is 23.0 Å². The molecule has 0 aliphatic heterocycles. The van der Waals surface area contributed by atoms with E-state index in [0.717, 1.165) is 17.4 Å². The molecule has 0 saturated heterocycles. The number of rotatable bonds is 4. The summed E-state index contributed by atoms with van der Waals surface area (Å²) < 4.78 is 0. The maximum Gasteiger partial charge on any atom is 0.161 e. The first-order valence-corrected chi connectivity index (χ1v) is 8.42. The van der Waals surface area contributed by atoms with Crippen LogP contribution in [0.5, 0.6) is 23.0 Å². The van der Waals surface area contributed by atoms with E-state index in [1.807, 2.05) is 0 Å². The number of phenols is 4. The largest absolute Gasteiger partial charge is 0.504 e. The molecule has 0 aromatic heterocycles. The predicted molar refractivity (Wildman–Crippen MR) is 102 cm³/mol. The fourth-order valence-electron chi connectivity index (χ4n) is 3.31. The van der Waals surface area contributed by atoms with Crippen molar-refractivity contribution in [2.24, 2.45) is 0 Å². The SMILES string of the molecule is Cc1cc(O)c(O)c(C(c2ccc(C=O)cc2)c2cc(C)cc(O)c2O)c1. The van der Waals surface area contributed by atoms with Crippen molar-refractivity contribution in [2.75, 3.05) is 0 Å². The van der Waals surface area contributed by atoms with Crippen LogP contribution in [0.25, 0.3) is 0 Å². The van der Waals surface area contributed by atoms with Crippen LogP contribution in [0.3, 0.4) is 0 Å². The molecule has 0 spiro atoms. The molecule has 0 amide bonds. The fraction of sp³-hybridized carbons (Fsp3) is 0.136. The van der Waals surface area contributed by atoms with E-state index < -0.39 is 5.92 Å². The first-order chi connectivity index (χ1) is 12.8. The Morgan fingerprint density at radius 2 is 1.19 bits per heavy atom. The van der Waals surface area contributed by atoms with Gasteiger partial charge < -0.3 is 20.4 Å². The number of aldehydes is 1. The molecule has 138 valence electrons. The molecule has 5 heteroatoms. The first-order valence-electron chi connectivity index (χ1n) is 8.42. The maximum absolute atomic E-state index is 11.0. The van der Waals surface area contributed by atoms with Gasteiger partial charge in [-0.05, 0) is 42.7 Å². The minimum Gasteiger partial charge on any atom is -0.504 e. The van der Waals surface area contributed by atoms with Crippen molar-refractivity contribution in [1.29, 1.82) is 0 Å². The van der Waals surface area contributed by atoms with Gasteiger partial charge in [0.15, 0.2) is 23.0 Å². The zero-order chi connectivity index (χ0) is 19.7. The van der Waals surface area contributed by atoms with E-state index in [1.54, 1.807) is 50.2 Å². The molecule has 3 rings (SSSR count). The highest BCUT2D eigenvalue weighted by molar-refractivity contribution is 5.75. The summed E-state index contributed by atoms with van der Waals surface area (Å²) in [7, 11) is 0. The molecule has 5 nitrogen and oxygen atoms in total. The van der Waals surface area contributed by atoms with Crippen LogP contribution in [0.4, 0.5) is 0 Å². The number of aryl methyl sites for hydroxylation is 2. The first kappa shape index (κ1) is 18.3. The van der Waals surface area contributed by atoms with Crippen LogP contribution in [0.15, 0.2) is 48.5 Å². The zero-order valence-electron chi connectivity index (χ0n) is 15.0. The molecule has 0 radical (unpaired) electrons. The lowest BCUT2D eigenvalue weighted by Crippen LogP contribution is -2.06. The minimum absolute atomic E-state index is 0.268. The molecule has 0 aliphatic carbocycles. The number of benzene rings is 3. The predicted octanol–water partition coefficient (Wildman–Crippen LogP) is 4.12. The third-order valence-corrected chi connectivity index (χ3v) is 4.56. The van der Waals surface area contributed by atoms with Gasteiger partial charge in [0.05, 0.1) is 0 Å². The molecular formula is C22H20O5. The Kier molecular flexibility index (Phi) is 4.77. The molecule has 0 atom stereocenters. The fourth-order valence-corrected chi connectivity index (χ4v) is 3.31.